The summed E-state index contributed by atoms with van der Waals surface area (Å²) in [6.45, 7) is 6.22. The third kappa shape index (κ3) is 21.7. The zero-order valence-corrected chi connectivity index (χ0v) is 22.3. The highest BCUT2D eigenvalue weighted by molar-refractivity contribution is 7.85. The van der Waals surface area contributed by atoms with E-state index >= 15 is 0 Å². The predicted molar refractivity (Wildman–Crippen MR) is 138 cm³/mol. The van der Waals surface area contributed by atoms with Crippen molar-refractivity contribution in [3.8, 4) is 5.75 Å². The molecule has 9 heteroatoms. The van der Waals surface area contributed by atoms with Gasteiger partial charge in [-0.3, -0.25) is 4.55 Å². The van der Waals surface area contributed by atoms with Crippen molar-refractivity contribution in [2.45, 2.75) is 64.7 Å². The largest absolute Gasteiger partial charge is 0.491 e. The summed E-state index contributed by atoms with van der Waals surface area (Å²) in [7, 11) is -3.91. The summed E-state index contributed by atoms with van der Waals surface area (Å²) in [4.78, 5) is 0. The van der Waals surface area contributed by atoms with Gasteiger partial charge in [0.1, 0.15) is 12.4 Å². The van der Waals surface area contributed by atoms with E-state index in [0.29, 0.717) is 52.9 Å². The van der Waals surface area contributed by atoms with E-state index in [-0.39, 0.29) is 18.8 Å². The summed E-state index contributed by atoms with van der Waals surface area (Å²) < 4.78 is 56.9. The van der Waals surface area contributed by atoms with Crippen LogP contribution in [0, 0.1) is 0 Å². The zero-order chi connectivity index (χ0) is 25.5. The second-order valence-corrected chi connectivity index (χ2v) is 10.0. The van der Waals surface area contributed by atoms with Crippen LogP contribution in [0.5, 0.6) is 5.75 Å². The maximum absolute atomic E-state index is 10.5. The second kappa shape index (κ2) is 22.0. The normalized spacial score (nSPS) is 11.7. The molecule has 8 nitrogen and oxygen atoms in total. The Morgan fingerprint density at radius 2 is 1.11 bits per heavy atom. The van der Waals surface area contributed by atoms with Gasteiger partial charge < -0.3 is 23.7 Å². The number of hydrogen-bond donors (Lipinski definition) is 1. The molecule has 1 N–H and O–H groups in total. The number of hydrogen-bond acceptors (Lipinski definition) is 7. The van der Waals surface area contributed by atoms with Crippen LogP contribution in [0.1, 0.15) is 63.9 Å². The topological polar surface area (TPSA) is 101 Å². The first kappa shape index (κ1) is 31.8. The van der Waals surface area contributed by atoms with E-state index in [0.717, 1.165) is 12.2 Å². The molecule has 0 heterocycles. The summed E-state index contributed by atoms with van der Waals surface area (Å²) >= 11 is 0. The summed E-state index contributed by atoms with van der Waals surface area (Å²) in [5.41, 5.74) is 1.37. The molecule has 1 aromatic rings. The van der Waals surface area contributed by atoms with Gasteiger partial charge in [-0.25, -0.2) is 0 Å². The van der Waals surface area contributed by atoms with Crippen LogP contribution in [0.25, 0.3) is 0 Å². The minimum atomic E-state index is -3.91. The highest BCUT2D eigenvalue weighted by atomic mass is 32.2. The molecule has 0 aliphatic rings. The lowest BCUT2D eigenvalue weighted by atomic mass is 10.0. The Balaban J connectivity index is 1.84. The summed E-state index contributed by atoms with van der Waals surface area (Å²) in [6, 6.07) is 8.37. The Kier molecular flexibility index (Phi) is 20.0. The average Bonchev–Trinajstić information content (AvgIpc) is 2.83. The molecule has 0 aliphatic heterocycles. The maximum Gasteiger partial charge on any atom is 0.264 e. The van der Waals surface area contributed by atoms with Crippen LogP contribution in [-0.2, 0) is 35.5 Å². The molecule has 0 radical (unpaired) electrons. The molecule has 0 aliphatic carbocycles. The lowest BCUT2D eigenvalue weighted by Crippen LogP contribution is -2.14. The average molecular weight is 519 g/mol. The molecule has 0 atom stereocenters. The Hall–Kier alpha value is -1.23. The van der Waals surface area contributed by atoms with Crippen molar-refractivity contribution in [2.75, 3.05) is 65.2 Å². The summed E-state index contributed by atoms with van der Waals surface area (Å²) in [5, 5.41) is 0. The van der Waals surface area contributed by atoms with Crippen molar-refractivity contribution in [1.82, 2.24) is 0 Å². The van der Waals surface area contributed by atoms with Crippen LogP contribution < -0.4 is 4.74 Å². The molecule has 0 aromatic heterocycles. The van der Waals surface area contributed by atoms with Gasteiger partial charge in [0, 0.05) is 6.61 Å². The molecule has 0 spiro atoms. The zero-order valence-electron chi connectivity index (χ0n) is 21.5. The Morgan fingerprint density at radius 3 is 1.66 bits per heavy atom. The molecule has 0 amide bonds. The van der Waals surface area contributed by atoms with E-state index < -0.39 is 10.1 Å². The van der Waals surface area contributed by atoms with Crippen molar-refractivity contribution in [2.24, 2.45) is 0 Å². The number of aryl methyl sites for hydroxylation is 1. The fourth-order valence-corrected chi connectivity index (χ4v) is 3.84. The SMILES string of the molecule is CCCCCCCCCc1ccc(OCCOCCOCCOCCOCCCS(=O)(=O)O)cc1. The van der Waals surface area contributed by atoms with E-state index in [4.69, 9.17) is 28.2 Å². The molecule has 0 fully saturated rings. The van der Waals surface area contributed by atoms with Gasteiger partial charge in [-0.2, -0.15) is 8.42 Å². The van der Waals surface area contributed by atoms with Gasteiger partial charge in [0.15, 0.2) is 0 Å². The number of ether oxygens (including phenoxy) is 5. The fraction of sp³-hybridized carbons (Fsp3) is 0.769. The first-order chi connectivity index (χ1) is 17.0. The minimum Gasteiger partial charge on any atom is -0.491 e. The van der Waals surface area contributed by atoms with Gasteiger partial charge in [-0.1, -0.05) is 57.6 Å². The Morgan fingerprint density at radius 1 is 0.629 bits per heavy atom. The quantitative estimate of drug-likeness (QED) is 0.147. The molecule has 0 saturated carbocycles. The van der Waals surface area contributed by atoms with Crippen molar-refractivity contribution in [3.63, 3.8) is 0 Å². The van der Waals surface area contributed by atoms with E-state index in [2.05, 4.69) is 19.1 Å². The van der Waals surface area contributed by atoms with Crippen LogP contribution in [0.2, 0.25) is 0 Å². The van der Waals surface area contributed by atoms with Gasteiger partial charge in [-0.15, -0.1) is 0 Å². The second-order valence-electron chi connectivity index (χ2n) is 8.45. The molecule has 35 heavy (non-hydrogen) atoms. The van der Waals surface area contributed by atoms with Crippen LogP contribution in [0.15, 0.2) is 24.3 Å². The van der Waals surface area contributed by atoms with Crippen molar-refractivity contribution < 1.29 is 36.7 Å². The fourth-order valence-electron chi connectivity index (χ4n) is 3.36. The van der Waals surface area contributed by atoms with Gasteiger partial charge in [-0.05, 0) is 37.0 Å². The van der Waals surface area contributed by atoms with E-state index in [1.165, 1.54) is 50.5 Å². The Labute approximate surface area is 212 Å². The predicted octanol–water partition coefficient (Wildman–Crippen LogP) is 4.70. The van der Waals surface area contributed by atoms with Crippen LogP contribution in [0.3, 0.4) is 0 Å². The lowest BCUT2D eigenvalue weighted by Gasteiger charge is -2.09. The smallest absolute Gasteiger partial charge is 0.264 e. The highest BCUT2D eigenvalue weighted by Gasteiger charge is 2.03. The summed E-state index contributed by atoms with van der Waals surface area (Å²) in [5.74, 6) is 0.579. The standard InChI is InChI=1S/C26H46O8S/c1-2-3-4-5-6-7-8-10-25-11-13-26(14-12-25)34-23-22-33-21-20-32-19-18-31-17-16-30-15-9-24-35(27,28)29/h11-14H,2-10,15-24H2,1H3,(H,27,28,29). The minimum absolute atomic E-state index is 0.263. The first-order valence-electron chi connectivity index (χ1n) is 13.0. The number of unbranched alkanes of at least 4 members (excludes halogenated alkanes) is 6. The molecule has 0 bridgehead atoms. The number of benzene rings is 1. The molecular formula is C26H46O8S. The van der Waals surface area contributed by atoms with E-state index in [9.17, 15) is 8.42 Å². The molecule has 0 unspecified atom stereocenters. The van der Waals surface area contributed by atoms with Crippen molar-refractivity contribution in [1.29, 1.82) is 0 Å². The molecular weight excluding hydrogens is 472 g/mol. The Bertz CT molecular complexity index is 694. The molecule has 1 rings (SSSR count). The lowest BCUT2D eigenvalue weighted by molar-refractivity contribution is -0.00447. The first-order valence-corrected chi connectivity index (χ1v) is 14.6. The number of rotatable bonds is 25. The molecule has 0 saturated heterocycles. The molecule has 1 aromatic carbocycles. The van der Waals surface area contributed by atoms with E-state index in [1.807, 2.05) is 12.1 Å². The van der Waals surface area contributed by atoms with Crippen LogP contribution >= 0.6 is 0 Å². The van der Waals surface area contributed by atoms with Gasteiger partial charge in [0.05, 0.1) is 52.0 Å². The van der Waals surface area contributed by atoms with Gasteiger partial charge >= 0.3 is 0 Å². The monoisotopic (exact) mass is 518 g/mol. The van der Waals surface area contributed by atoms with E-state index in [1.54, 1.807) is 0 Å². The maximum atomic E-state index is 10.5. The summed E-state index contributed by atoms with van der Waals surface area (Å²) in [6.07, 6.45) is 10.7. The van der Waals surface area contributed by atoms with Crippen molar-refractivity contribution >= 4 is 10.1 Å². The van der Waals surface area contributed by atoms with Gasteiger partial charge in [0.25, 0.3) is 10.1 Å². The third-order valence-corrected chi connectivity index (χ3v) is 6.10. The highest BCUT2D eigenvalue weighted by Crippen LogP contribution is 2.15. The van der Waals surface area contributed by atoms with Crippen LogP contribution in [0.4, 0.5) is 0 Å². The van der Waals surface area contributed by atoms with Gasteiger partial charge in [0.2, 0.25) is 0 Å². The van der Waals surface area contributed by atoms with Crippen LogP contribution in [-0.4, -0.2) is 78.2 Å². The third-order valence-electron chi connectivity index (χ3n) is 5.30. The van der Waals surface area contributed by atoms with Crippen molar-refractivity contribution in [3.05, 3.63) is 29.8 Å². The molecule has 204 valence electrons.